The molecule has 0 radical (unpaired) electrons. The number of rotatable bonds is 7. The van der Waals surface area contributed by atoms with E-state index in [1.807, 2.05) is 4.90 Å². The van der Waals surface area contributed by atoms with Crippen LogP contribution in [0, 0.1) is 0 Å². The first-order valence-electron chi connectivity index (χ1n) is 13.3. The van der Waals surface area contributed by atoms with Gasteiger partial charge >= 0.3 is 0 Å². The van der Waals surface area contributed by atoms with Crippen LogP contribution in [0.5, 0.6) is 0 Å². The Morgan fingerprint density at radius 2 is 1.80 bits per heavy atom. The molecule has 13 heteroatoms. The lowest BCUT2D eigenvalue weighted by molar-refractivity contribution is -0.144. The van der Waals surface area contributed by atoms with Crippen LogP contribution in [0.3, 0.4) is 0 Å². The van der Waals surface area contributed by atoms with Gasteiger partial charge in [-0.1, -0.05) is 23.7 Å². The number of ether oxygens (including phenoxy) is 1. The van der Waals surface area contributed by atoms with Gasteiger partial charge in [0, 0.05) is 43.8 Å². The molecule has 3 heterocycles. The monoisotopic (exact) mass is 594 g/mol. The molecule has 2 amide bonds. The topological polar surface area (TPSA) is 137 Å². The molecule has 0 aromatic heterocycles. The van der Waals surface area contributed by atoms with E-state index in [0.29, 0.717) is 37.7 Å². The first-order valence-corrected chi connectivity index (χ1v) is 15.2. The molecule has 3 aliphatic rings. The van der Waals surface area contributed by atoms with Gasteiger partial charge in [-0.2, -0.15) is 4.72 Å². The van der Waals surface area contributed by atoms with Crippen LogP contribution in [0.1, 0.15) is 26.2 Å². The zero-order chi connectivity index (χ0) is 28.9. The number of nitrogens with one attached hydrogen (secondary N) is 1. The highest BCUT2D eigenvalue weighted by Crippen LogP contribution is 2.26. The molecule has 1 unspecified atom stereocenters. The Labute approximate surface area is 239 Å². The number of sulfonamides is 1. The number of hydrogen-bond donors (Lipinski definition) is 2. The van der Waals surface area contributed by atoms with E-state index in [9.17, 15) is 18.0 Å². The molecule has 5 rings (SSSR count). The number of morpholine rings is 1. The Morgan fingerprint density at radius 1 is 1.12 bits per heavy atom. The summed E-state index contributed by atoms with van der Waals surface area (Å²) in [7, 11) is -3.93. The number of carbonyl (C=O) groups excluding carboxylic acids is 2. The molecule has 3 aliphatic heterocycles. The maximum atomic E-state index is 13.4. The zero-order valence-corrected chi connectivity index (χ0v) is 23.9. The highest BCUT2D eigenvalue weighted by molar-refractivity contribution is 7.89. The molecule has 3 atom stereocenters. The number of carbonyl (C=O) groups is 3. The molecule has 0 aliphatic carbocycles. The molecular formula is C27H35ClN4O7S. The SMILES string of the molecule is C[C@@H](C(=O)N1CCCC1CN1CCOCC1)N1CC[C@H](NS(=O)(=O)c2ccc3cc(Cl)ccc3c2)C1=O.O=CO. The first kappa shape index (κ1) is 30.2. The lowest BCUT2D eigenvalue weighted by Crippen LogP contribution is -2.53. The van der Waals surface area contributed by atoms with E-state index >= 15 is 0 Å². The van der Waals surface area contributed by atoms with Crippen LogP contribution < -0.4 is 4.72 Å². The van der Waals surface area contributed by atoms with Gasteiger partial charge in [0.15, 0.2) is 0 Å². The first-order chi connectivity index (χ1) is 19.1. The predicted molar refractivity (Wildman–Crippen MR) is 150 cm³/mol. The Balaban J connectivity index is 0.00000118. The Bertz CT molecular complexity index is 1340. The normalized spacial score (nSPS) is 22.7. The smallest absolute Gasteiger partial charge is 0.290 e. The van der Waals surface area contributed by atoms with Crippen molar-refractivity contribution in [2.75, 3.05) is 45.9 Å². The Hall–Kier alpha value is -2.77. The van der Waals surface area contributed by atoms with Crippen LogP contribution in [0.2, 0.25) is 5.02 Å². The van der Waals surface area contributed by atoms with Crippen molar-refractivity contribution in [2.24, 2.45) is 0 Å². The van der Waals surface area contributed by atoms with Crippen LogP contribution in [-0.2, 0) is 29.1 Å². The van der Waals surface area contributed by atoms with Gasteiger partial charge in [0.05, 0.1) is 18.1 Å². The van der Waals surface area contributed by atoms with E-state index in [2.05, 4.69) is 9.62 Å². The standard InChI is InChI=1S/C26H33ClN4O5S.CH2O2/c1-18(25(32)31-9-2-3-22(31)17-29-11-13-36-14-12-29)30-10-8-24(26(30)33)28-37(34,35)23-7-5-19-15-21(27)6-4-20(19)16-23;2-1-3/h4-7,15-16,18,22,24,28H,2-3,8-14,17H2,1H3;1H,(H,2,3)/t18-,22?,24-;/m0./s1. The molecule has 11 nitrogen and oxygen atoms in total. The summed E-state index contributed by atoms with van der Waals surface area (Å²) in [5.41, 5.74) is 0. The second kappa shape index (κ2) is 13.3. The molecule has 40 heavy (non-hydrogen) atoms. The Morgan fingerprint density at radius 3 is 2.52 bits per heavy atom. The summed E-state index contributed by atoms with van der Waals surface area (Å²) in [6.45, 7) is 6.48. The fourth-order valence-corrected chi connectivity index (χ4v) is 7.02. The molecule has 2 aromatic carbocycles. The summed E-state index contributed by atoms with van der Waals surface area (Å²) in [6, 6.07) is 8.59. The number of nitrogens with zero attached hydrogens (tertiary/aromatic N) is 3. The quantitative estimate of drug-likeness (QED) is 0.463. The summed E-state index contributed by atoms with van der Waals surface area (Å²) in [5, 5.41) is 9.03. The van der Waals surface area contributed by atoms with Crippen molar-refractivity contribution in [2.45, 2.75) is 49.2 Å². The number of benzene rings is 2. The van der Waals surface area contributed by atoms with Gasteiger partial charge in [-0.15, -0.1) is 0 Å². The molecule has 2 aromatic rings. The maximum absolute atomic E-state index is 13.4. The fourth-order valence-electron chi connectivity index (χ4n) is 5.58. The molecule has 2 N–H and O–H groups in total. The van der Waals surface area contributed by atoms with E-state index in [4.69, 9.17) is 26.2 Å². The number of carboxylic acid groups (broad SMARTS) is 1. The average Bonchev–Trinajstić information content (AvgIpc) is 3.54. The zero-order valence-electron chi connectivity index (χ0n) is 22.4. The molecule has 3 fully saturated rings. The van der Waals surface area contributed by atoms with E-state index in [1.54, 1.807) is 37.3 Å². The van der Waals surface area contributed by atoms with Crippen LogP contribution in [0.25, 0.3) is 10.8 Å². The summed E-state index contributed by atoms with van der Waals surface area (Å²) >= 11 is 6.03. The molecule has 218 valence electrons. The fraction of sp³-hybridized carbons (Fsp3) is 0.519. The molecule has 0 spiro atoms. The Kier molecular flexibility index (Phi) is 10.0. The second-order valence-electron chi connectivity index (χ2n) is 10.2. The van der Waals surface area contributed by atoms with E-state index in [0.717, 1.165) is 43.2 Å². The number of halogens is 1. The van der Waals surface area contributed by atoms with Crippen molar-refractivity contribution in [3.8, 4) is 0 Å². The number of amides is 2. The summed E-state index contributed by atoms with van der Waals surface area (Å²) < 4.78 is 34.2. The lowest BCUT2D eigenvalue weighted by Gasteiger charge is -2.35. The van der Waals surface area contributed by atoms with Crippen molar-refractivity contribution in [1.82, 2.24) is 19.4 Å². The van der Waals surface area contributed by atoms with Crippen molar-refractivity contribution in [3.63, 3.8) is 0 Å². The van der Waals surface area contributed by atoms with Gasteiger partial charge in [0.2, 0.25) is 21.8 Å². The highest BCUT2D eigenvalue weighted by atomic mass is 35.5. The van der Waals surface area contributed by atoms with Gasteiger partial charge in [-0.05, 0) is 61.2 Å². The van der Waals surface area contributed by atoms with Crippen molar-refractivity contribution in [3.05, 3.63) is 41.4 Å². The third kappa shape index (κ3) is 6.92. The maximum Gasteiger partial charge on any atom is 0.290 e. The third-order valence-corrected chi connectivity index (χ3v) is 9.38. The van der Waals surface area contributed by atoms with Crippen LogP contribution >= 0.6 is 11.6 Å². The minimum Gasteiger partial charge on any atom is -0.483 e. The van der Waals surface area contributed by atoms with Gasteiger partial charge in [0.1, 0.15) is 12.1 Å². The van der Waals surface area contributed by atoms with Gasteiger partial charge in [-0.3, -0.25) is 19.3 Å². The molecule has 0 saturated carbocycles. The molecule has 3 saturated heterocycles. The highest BCUT2D eigenvalue weighted by Gasteiger charge is 2.42. The van der Waals surface area contributed by atoms with Crippen molar-refractivity contribution < 1.29 is 32.6 Å². The van der Waals surface area contributed by atoms with Crippen LogP contribution in [-0.4, -0.2) is 111 Å². The lowest BCUT2D eigenvalue weighted by atomic mass is 10.1. The van der Waals surface area contributed by atoms with Gasteiger partial charge < -0.3 is 19.6 Å². The minimum atomic E-state index is -3.93. The molecular weight excluding hydrogens is 560 g/mol. The van der Waals surface area contributed by atoms with E-state index in [-0.39, 0.29) is 29.2 Å². The number of likely N-dealkylation sites (tertiary alicyclic amines) is 2. The average molecular weight is 595 g/mol. The van der Waals surface area contributed by atoms with Crippen LogP contribution in [0.4, 0.5) is 0 Å². The predicted octanol–water partition coefficient (Wildman–Crippen LogP) is 1.78. The van der Waals surface area contributed by atoms with E-state index in [1.165, 1.54) is 11.0 Å². The van der Waals surface area contributed by atoms with Crippen molar-refractivity contribution in [1.29, 1.82) is 0 Å². The van der Waals surface area contributed by atoms with Gasteiger partial charge in [-0.25, -0.2) is 8.42 Å². The number of fused-ring (bicyclic) bond motifs is 1. The van der Waals surface area contributed by atoms with E-state index < -0.39 is 22.1 Å². The number of hydrogen-bond acceptors (Lipinski definition) is 7. The van der Waals surface area contributed by atoms with Gasteiger partial charge in [0.25, 0.3) is 6.47 Å². The molecule has 0 bridgehead atoms. The second-order valence-corrected chi connectivity index (χ2v) is 12.3. The third-order valence-electron chi connectivity index (χ3n) is 7.68. The summed E-state index contributed by atoms with van der Waals surface area (Å²) in [5.74, 6) is -0.429. The summed E-state index contributed by atoms with van der Waals surface area (Å²) in [6.07, 6.45) is 2.21. The van der Waals surface area contributed by atoms with Crippen LogP contribution in [0.15, 0.2) is 41.3 Å². The minimum absolute atomic E-state index is 0.0687. The summed E-state index contributed by atoms with van der Waals surface area (Å²) in [4.78, 5) is 40.8. The van der Waals surface area contributed by atoms with Crippen molar-refractivity contribution >= 4 is 50.7 Å². The largest absolute Gasteiger partial charge is 0.483 e.